The Hall–Kier alpha value is -3.09. The minimum atomic E-state index is -1.35. The number of amides is 1. The van der Waals surface area contributed by atoms with Crippen molar-refractivity contribution in [2.45, 2.75) is 45.6 Å². The quantitative estimate of drug-likeness (QED) is 0.465. The number of carbonyl (C=O) groups excluding carboxylic acids is 1. The van der Waals surface area contributed by atoms with E-state index in [1.54, 1.807) is 30.3 Å². The molecule has 30 heavy (non-hydrogen) atoms. The predicted molar refractivity (Wildman–Crippen MR) is 111 cm³/mol. The molecule has 1 amide bonds. The van der Waals surface area contributed by atoms with Crippen LogP contribution in [-0.4, -0.2) is 17.2 Å². The van der Waals surface area contributed by atoms with Crippen molar-refractivity contribution >= 4 is 23.4 Å². The van der Waals surface area contributed by atoms with E-state index >= 15 is 0 Å². The Balaban J connectivity index is 1.60. The normalized spacial score (nSPS) is 19.8. The first-order chi connectivity index (χ1) is 14.2. The van der Waals surface area contributed by atoms with Gasteiger partial charge in [0.1, 0.15) is 11.6 Å². The third-order valence-corrected chi connectivity index (χ3v) is 6.07. The summed E-state index contributed by atoms with van der Waals surface area (Å²) < 4.78 is 19.1. The van der Waals surface area contributed by atoms with Gasteiger partial charge in [-0.2, -0.15) is 0 Å². The Morgan fingerprint density at radius 2 is 1.97 bits per heavy atom. The summed E-state index contributed by atoms with van der Waals surface area (Å²) in [4.78, 5) is 23.1. The summed E-state index contributed by atoms with van der Waals surface area (Å²) >= 11 is 0. The van der Waals surface area contributed by atoms with Crippen molar-refractivity contribution in [2.75, 3.05) is 10.6 Å². The van der Waals surface area contributed by atoms with Crippen molar-refractivity contribution in [3.05, 3.63) is 53.3 Å². The number of carbonyl (C=O) groups is 2. The van der Waals surface area contributed by atoms with Gasteiger partial charge in [-0.25, -0.2) is 9.18 Å². The summed E-state index contributed by atoms with van der Waals surface area (Å²) in [5, 5.41) is 15.1. The van der Waals surface area contributed by atoms with Crippen LogP contribution in [0.1, 0.15) is 50.3 Å². The van der Waals surface area contributed by atoms with Gasteiger partial charge in [0.2, 0.25) is 5.91 Å². The Labute approximate surface area is 174 Å². The molecule has 0 aromatic heterocycles. The molecular weight excluding hydrogens is 387 g/mol. The van der Waals surface area contributed by atoms with E-state index in [4.69, 9.17) is 9.84 Å². The first kappa shape index (κ1) is 20.2. The molecule has 0 saturated heterocycles. The van der Waals surface area contributed by atoms with Crippen LogP contribution in [0.2, 0.25) is 0 Å². The fourth-order valence-corrected chi connectivity index (χ4v) is 4.22. The first-order valence-electron chi connectivity index (χ1n) is 10.1. The lowest BCUT2D eigenvalue weighted by Crippen LogP contribution is -2.35. The summed E-state index contributed by atoms with van der Waals surface area (Å²) in [6.45, 7) is 4.18. The van der Waals surface area contributed by atoms with Gasteiger partial charge in [-0.1, -0.05) is 26.3 Å². The topological polar surface area (TPSA) is 87.7 Å². The Bertz CT molecular complexity index is 1000. The molecule has 158 valence electrons. The van der Waals surface area contributed by atoms with E-state index in [1.165, 1.54) is 6.07 Å². The third kappa shape index (κ3) is 3.97. The number of ether oxygens (including phenoxy) is 1. The average molecular weight is 412 g/mol. The molecule has 1 aliphatic carbocycles. The second-order valence-corrected chi connectivity index (χ2v) is 8.79. The number of halogens is 1. The van der Waals surface area contributed by atoms with Gasteiger partial charge in [-0.15, -0.1) is 0 Å². The van der Waals surface area contributed by atoms with Gasteiger partial charge in [0, 0.05) is 11.6 Å². The molecule has 6 nitrogen and oxygen atoms in total. The number of fused-ring (bicyclic) bond motifs is 1. The van der Waals surface area contributed by atoms with Crippen molar-refractivity contribution in [1.29, 1.82) is 0 Å². The number of nitrogens with one attached hydrogen (secondary N) is 2. The molecule has 1 saturated carbocycles. The van der Waals surface area contributed by atoms with Gasteiger partial charge >= 0.3 is 6.16 Å². The smallest absolute Gasteiger partial charge is 0.449 e. The van der Waals surface area contributed by atoms with E-state index in [9.17, 15) is 14.0 Å². The third-order valence-electron chi connectivity index (χ3n) is 6.07. The standard InChI is InChI=1S/C23H25FN2O4/c1-23(2)12-15-10-16(30-22(28)29)7-9-18(15)25-20(23)14-6-8-17(24)19(11-14)26-21(27)13-4-3-5-13/h6-11,13,20,25H,3-5,12H2,1-2H3,(H,26,27)(H,28,29). The fraction of sp³-hybridized carbons (Fsp3) is 0.391. The lowest BCUT2D eigenvalue weighted by Gasteiger charge is -2.41. The zero-order valence-electron chi connectivity index (χ0n) is 17.0. The lowest BCUT2D eigenvalue weighted by atomic mass is 9.73. The second kappa shape index (κ2) is 7.63. The van der Waals surface area contributed by atoms with Gasteiger partial charge in [0.15, 0.2) is 0 Å². The van der Waals surface area contributed by atoms with Crippen molar-refractivity contribution in [2.24, 2.45) is 11.3 Å². The molecule has 1 aliphatic heterocycles. The van der Waals surface area contributed by atoms with E-state index in [1.807, 2.05) is 0 Å². The minimum Gasteiger partial charge on any atom is -0.449 e. The van der Waals surface area contributed by atoms with Gasteiger partial charge in [0.25, 0.3) is 0 Å². The van der Waals surface area contributed by atoms with Gasteiger partial charge in [-0.05, 0) is 66.1 Å². The highest BCUT2D eigenvalue weighted by atomic mass is 19.1. The van der Waals surface area contributed by atoms with Crippen LogP contribution in [0, 0.1) is 17.2 Å². The Kier molecular flexibility index (Phi) is 5.13. The van der Waals surface area contributed by atoms with Crippen molar-refractivity contribution in [1.82, 2.24) is 0 Å². The molecule has 1 unspecified atom stereocenters. The number of hydrogen-bond donors (Lipinski definition) is 3. The number of rotatable bonds is 4. The highest BCUT2D eigenvalue weighted by Gasteiger charge is 2.36. The zero-order chi connectivity index (χ0) is 21.5. The summed E-state index contributed by atoms with van der Waals surface area (Å²) in [6.07, 6.45) is 2.08. The van der Waals surface area contributed by atoms with E-state index < -0.39 is 12.0 Å². The lowest BCUT2D eigenvalue weighted by molar-refractivity contribution is -0.122. The molecule has 2 aromatic rings. The van der Waals surface area contributed by atoms with Crippen molar-refractivity contribution in [3.8, 4) is 5.75 Å². The number of anilines is 2. The molecule has 3 N–H and O–H groups in total. The maximum atomic E-state index is 14.4. The van der Waals surface area contributed by atoms with Gasteiger partial charge in [-0.3, -0.25) is 4.79 Å². The number of benzene rings is 2. The van der Waals surface area contributed by atoms with Crippen LogP contribution in [0.25, 0.3) is 0 Å². The van der Waals surface area contributed by atoms with Crippen LogP contribution in [-0.2, 0) is 11.2 Å². The molecular formula is C23H25FN2O4. The molecule has 1 fully saturated rings. The highest BCUT2D eigenvalue weighted by Crippen LogP contribution is 2.46. The van der Waals surface area contributed by atoms with Crippen LogP contribution >= 0.6 is 0 Å². The SMILES string of the molecule is CC1(C)Cc2cc(OC(=O)O)ccc2NC1c1ccc(F)c(NC(=O)C2CCC2)c1. The van der Waals surface area contributed by atoms with Crippen molar-refractivity contribution in [3.63, 3.8) is 0 Å². The molecule has 2 aromatic carbocycles. The average Bonchev–Trinajstić information content (AvgIpc) is 2.60. The van der Waals surface area contributed by atoms with Crippen LogP contribution in [0.4, 0.5) is 20.6 Å². The number of hydrogen-bond acceptors (Lipinski definition) is 4. The van der Waals surface area contributed by atoms with E-state index in [2.05, 4.69) is 24.5 Å². The fourth-order valence-electron chi connectivity index (χ4n) is 4.22. The summed E-state index contributed by atoms with van der Waals surface area (Å²) in [5.41, 5.74) is 2.67. The monoisotopic (exact) mass is 412 g/mol. The molecule has 1 atom stereocenters. The van der Waals surface area contributed by atoms with Crippen LogP contribution in [0.3, 0.4) is 0 Å². The molecule has 0 bridgehead atoms. The van der Waals surface area contributed by atoms with Crippen LogP contribution < -0.4 is 15.4 Å². The maximum Gasteiger partial charge on any atom is 0.511 e. The van der Waals surface area contributed by atoms with E-state index in [0.717, 1.165) is 36.1 Å². The molecule has 2 aliphatic rings. The number of carboxylic acid groups (broad SMARTS) is 1. The zero-order valence-corrected chi connectivity index (χ0v) is 17.0. The summed E-state index contributed by atoms with van der Waals surface area (Å²) in [7, 11) is 0. The van der Waals surface area contributed by atoms with Crippen LogP contribution in [0.5, 0.6) is 5.75 Å². The Morgan fingerprint density at radius 3 is 2.63 bits per heavy atom. The molecule has 1 heterocycles. The van der Waals surface area contributed by atoms with Crippen LogP contribution in [0.15, 0.2) is 36.4 Å². The molecule has 7 heteroatoms. The summed E-state index contributed by atoms with van der Waals surface area (Å²) in [5.74, 6) is -0.313. The predicted octanol–water partition coefficient (Wildman–Crippen LogP) is 5.36. The maximum absolute atomic E-state index is 14.4. The van der Waals surface area contributed by atoms with Gasteiger partial charge in [0.05, 0.1) is 11.7 Å². The first-order valence-corrected chi connectivity index (χ1v) is 10.1. The molecule has 4 rings (SSSR count). The largest absolute Gasteiger partial charge is 0.511 e. The molecule has 0 spiro atoms. The summed E-state index contributed by atoms with van der Waals surface area (Å²) in [6, 6.07) is 9.84. The van der Waals surface area contributed by atoms with Gasteiger partial charge < -0.3 is 20.5 Å². The van der Waals surface area contributed by atoms with E-state index in [0.29, 0.717) is 6.42 Å². The van der Waals surface area contributed by atoms with E-state index in [-0.39, 0.29) is 34.7 Å². The molecule has 0 radical (unpaired) electrons. The highest BCUT2D eigenvalue weighted by molar-refractivity contribution is 5.93. The second-order valence-electron chi connectivity index (χ2n) is 8.79. The minimum absolute atomic E-state index is 0.0219. The Morgan fingerprint density at radius 1 is 1.20 bits per heavy atom. The van der Waals surface area contributed by atoms with Crippen molar-refractivity contribution < 1.29 is 23.8 Å².